The van der Waals surface area contributed by atoms with Gasteiger partial charge in [-0.3, -0.25) is 14.4 Å². The first kappa shape index (κ1) is 31.8. The zero-order valence-corrected chi connectivity index (χ0v) is 24.5. The predicted molar refractivity (Wildman–Crippen MR) is 151 cm³/mol. The molecule has 1 aliphatic rings. The number of carbonyl (C=O) groups is 3. The highest BCUT2D eigenvalue weighted by atomic mass is 35.5. The number of aryl methyl sites for hydroxylation is 1. The summed E-state index contributed by atoms with van der Waals surface area (Å²) < 4.78 is 5.63. The fourth-order valence-electron chi connectivity index (χ4n) is 4.39. The highest BCUT2D eigenvalue weighted by Gasteiger charge is 2.43. The lowest BCUT2D eigenvalue weighted by Crippen LogP contribution is -2.62. The van der Waals surface area contributed by atoms with Gasteiger partial charge in [-0.2, -0.15) is 0 Å². The molecule has 2 N–H and O–H groups in total. The van der Waals surface area contributed by atoms with Crippen LogP contribution in [0, 0.1) is 12.8 Å². The van der Waals surface area contributed by atoms with Crippen molar-refractivity contribution in [2.24, 2.45) is 5.92 Å². The van der Waals surface area contributed by atoms with Gasteiger partial charge >= 0.3 is 0 Å². The van der Waals surface area contributed by atoms with E-state index in [4.69, 9.17) is 4.42 Å². The molecule has 1 saturated carbocycles. The first-order chi connectivity index (χ1) is 17.6. The Hall–Kier alpha value is -2.43. The summed E-state index contributed by atoms with van der Waals surface area (Å²) in [5.41, 5.74) is 0.484. The van der Waals surface area contributed by atoms with Crippen LogP contribution in [0.1, 0.15) is 79.0 Å². The molecule has 1 unspecified atom stereocenters. The minimum atomic E-state index is -1.07. The third-order valence-corrected chi connectivity index (χ3v) is 7.32. The summed E-state index contributed by atoms with van der Waals surface area (Å²) in [6, 6.07) is 6.43. The van der Waals surface area contributed by atoms with Crippen molar-refractivity contribution in [1.29, 1.82) is 0 Å². The standard InChI is InChI=1S/C27H39N5O4S.ClH/c1-18(2)17-21(22(33)24-30-31-26(36-24)37-16-15-32(4)5)28-25(35)27(13-7-6-8-14-27)29-23(34)20-11-9-19(3)10-12-20;/h9-12,18,21H,6-8,13-17H2,1-5H3,(H,28,35)(H,29,34);1H. The van der Waals surface area contributed by atoms with Crippen LogP contribution in [0.25, 0.3) is 0 Å². The van der Waals surface area contributed by atoms with E-state index in [0.717, 1.165) is 37.1 Å². The van der Waals surface area contributed by atoms with Crippen LogP contribution in [0.3, 0.4) is 0 Å². The van der Waals surface area contributed by atoms with Crippen molar-refractivity contribution in [1.82, 2.24) is 25.7 Å². The smallest absolute Gasteiger partial charge is 0.286 e. The molecule has 1 aliphatic carbocycles. The first-order valence-electron chi connectivity index (χ1n) is 12.9. The summed E-state index contributed by atoms with van der Waals surface area (Å²) in [5, 5.41) is 14.2. The third-order valence-electron chi connectivity index (χ3n) is 6.52. The number of rotatable bonds is 12. The fraction of sp³-hybridized carbons (Fsp3) is 0.593. The molecule has 1 atom stereocenters. The number of aromatic nitrogens is 2. The second-order valence-corrected chi connectivity index (χ2v) is 11.6. The molecule has 3 rings (SSSR count). The molecule has 210 valence electrons. The maximum Gasteiger partial charge on any atom is 0.286 e. The Labute approximate surface area is 235 Å². The molecule has 2 aromatic rings. The van der Waals surface area contributed by atoms with Gasteiger partial charge in [0.05, 0.1) is 6.04 Å². The van der Waals surface area contributed by atoms with Gasteiger partial charge in [-0.25, -0.2) is 0 Å². The first-order valence-corrected chi connectivity index (χ1v) is 13.9. The van der Waals surface area contributed by atoms with Crippen LogP contribution in [-0.2, 0) is 4.79 Å². The molecule has 0 radical (unpaired) electrons. The lowest BCUT2D eigenvalue weighted by Gasteiger charge is -2.37. The van der Waals surface area contributed by atoms with E-state index in [2.05, 4.69) is 20.8 Å². The lowest BCUT2D eigenvalue weighted by molar-refractivity contribution is -0.129. The number of hydrogen-bond acceptors (Lipinski definition) is 8. The van der Waals surface area contributed by atoms with Crippen LogP contribution in [0.4, 0.5) is 0 Å². The highest BCUT2D eigenvalue weighted by Crippen LogP contribution is 2.30. The highest BCUT2D eigenvalue weighted by molar-refractivity contribution is 7.99. The minimum Gasteiger partial charge on any atom is -0.408 e. The Morgan fingerprint density at radius 2 is 1.74 bits per heavy atom. The predicted octanol–water partition coefficient (Wildman–Crippen LogP) is 4.30. The van der Waals surface area contributed by atoms with Crippen molar-refractivity contribution < 1.29 is 18.8 Å². The van der Waals surface area contributed by atoms with Crippen molar-refractivity contribution in [3.05, 3.63) is 41.3 Å². The summed E-state index contributed by atoms with van der Waals surface area (Å²) in [5.74, 6) is -0.273. The molecule has 1 fully saturated rings. The second-order valence-electron chi connectivity index (χ2n) is 10.5. The Bertz CT molecular complexity index is 1070. The number of ketones is 1. The fourth-order valence-corrected chi connectivity index (χ4v) is 5.26. The molecule has 11 heteroatoms. The van der Waals surface area contributed by atoms with Crippen LogP contribution in [-0.4, -0.2) is 70.7 Å². The van der Waals surface area contributed by atoms with Crippen molar-refractivity contribution in [3.8, 4) is 0 Å². The maximum atomic E-state index is 13.7. The Morgan fingerprint density at radius 1 is 1.08 bits per heavy atom. The van der Waals surface area contributed by atoms with Crippen LogP contribution in [0.5, 0.6) is 0 Å². The van der Waals surface area contributed by atoms with Crippen LogP contribution < -0.4 is 10.6 Å². The monoisotopic (exact) mass is 565 g/mol. The molecular weight excluding hydrogens is 526 g/mol. The van der Waals surface area contributed by atoms with E-state index in [1.54, 1.807) is 12.1 Å². The summed E-state index contributed by atoms with van der Waals surface area (Å²) in [4.78, 5) is 42.2. The van der Waals surface area contributed by atoms with E-state index in [9.17, 15) is 14.4 Å². The van der Waals surface area contributed by atoms with Crippen molar-refractivity contribution in [2.45, 2.75) is 76.1 Å². The van der Waals surface area contributed by atoms with Crippen molar-refractivity contribution >= 4 is 41.8 Å². The molecule has 1 aromatic heterocycles. The topological polar surface area (TPSA) is 117 Å². The van der Waals surface area contributed by atoms with Gasteiger partial charge in [0.25, 0.3) is 17.0 Å². The molecule has 1 aromatic carbocycles. The number of thioether (sulfide) groups is 1. The molecular formula is C27H40ClN5O4S. The summed E-state index contributed by atoms with van der Waals surface area (Å²) in [6.07, 6.45) is 4.10. The van der Waals surface area contributed by atoms with Gasteiger partial charge in [0.15, 0.2) is 0 Å². The molecule has 0 saturated heterocycles. The maximum absolute atomic E-state index is 13.7. The number of nitrogens with one attached hydrogen (secondary N) is 2. The number of nitrogens with zero attached hydrogens (tertiary/aromatic N) is 3. The number of hydrogen-bond donors (Lipinski definition) is 2. The van der Waals surface area contributed by atoms with Gasteiger partial charge < -0.3 is 20.0 Å². The van der Waals surface area contributed by atoms with Crippen molar-refractivity contribution in [3.63, 3.8) is 0 Å². The molecule has 0 bridgehead atoms. The summed E-state index contributed by atoms with van der Waals surface area (Å²) >= 11 is 1.39. The zero-order valence-electron chi connectivity index (χ0n) is 22.9. The van der Waals surface area contributed by atoms with Gasteiger partial charge in [0, 0.05) is 17.9 Å². The molecule has 0 spiro atoms. The van der Waals surface area contributed by atoms with Gasteiger partial charge in [0.2, 0.25) is 11.7 Å². The average molecular weight is 566 g/mol. The molecule has 9 nitrogen and oxygen atoms in total. The van der Waals surface area contributed by atoms with E-state index in [0.29, 0.717) is 30.0 Å². The number of Topliss-reactive ketones (excluding diaryl/α,β-unsaturated/α-hetero) is 1. The normalized spacial score (nSPS) is 15.6. The Balaban J connectivity index is 0.00000507. The van der Waals surface area contributed by atoms with Crippen LogP contribution in [0.2, 0.25) is 0 Å². The van der Waals surface area contributed by atoms with Gasteiger partial charge in [-0.05, 0) is 58.3 Å². The SMILES string of the molecule is Cc1ccc(C(=O)NC2(C(=O)NC(CC(C)C)C(=O)c3nnc(SCCN(C)C)o3)CCCCC2)cc1.Cl. The lowest BCUT2D eigenvalue weighted by atomic mass is 9.80. The van der Waals surface area contributed by atoms with E-state index < -0.39 is 17.4 Å². The number of carbonyl (C=O) groups excluding carboxylic acids is 3. The molecule has 0 aliphatic heterocycles. The Kier molecular flexibility index (Phi) is 12.3. The van der Waals surface area contributed by atoms with Gasteiger partial charge in [-0.15, -0.1) is 22.6 Å². The minimum absolute atomic E-state index is 0. The van der Waals surface area contributed by atoms with Crippen molar-refractivity contribution in [2.75, 3.05) is 26.4 Å². The van der Waals surface area contributed by atoms with Crippen LogP contribution in [0.15, 0.2) is 33.9 Å². The summed E-state index contributed by atoms with van der Waals surface area (Å²) in [7, 11) is 3.95. The quantitative estimate of drug-likeness (QED) is 0.289. The molecule has 2 amide bonds. The van der Waals surface area contributed by atoms with E-state index in [1.807, 2.05) is 51.9 Å². The number of amides is 2. The number of benzene rings is 1. The molecule has 1 heterocycles. The van der Waals surface area contributed by atoms with E-state index >= 15 is 0 Å². The molecule has 38 heavy (non-hydrogen) atoms. The average Bonchev–Trinajstić information content (AvgIpc) is 3.32. The van der Waals surface area contributed by atoms with Gasteiger partial charge in [0.1, 0.15) is 5.54 Å². The largest absolute Gasteiger partial charge is 0.408 e. The second kappa shape index (κ2) is 14.6. The summed E-state index contributed by atoms with van der Waals surface area (Å²) in [6.45, 7) is 6.76. The van der Waals surface area contributed by atoms with Crippen LogP contribution >= 0.6 is 24.2 Å². The van der Waals surface area contributed by atoms with E-state index in [-0.39, 0.29) is 36.0 Å². The Morgan fingerprint density at radius 3 is 2.34 bits per heavy atom. The van der Waals surface area contributed by atoms with E-state index in [1.165, 1.54) is 11.8 Å². The van der Waals surface area contributed by atoms with Gasteiger partial charge in [-0.1, -0.05) is 62.6 Å². The third kappa shape index (κ3) is 8.81. The number of halogens is 1. The zero-order chi connectivity index (χ0) is 27.0.